The minimum Gasteiger partial charge on any atom is -0.481 e. The molecule has 0 fully saturated rings. The highest BCUT2D eigenvalue weighted by Gasteiger charge is 2.20. The van der Waals surface area contributed by atoms with E-state index in [9.17, 15) is 18.4 Å². The van der Waals surface area contributed by atoms with Gasteiger partial charge < -0.3 is 10.1 Å². The lowest BCUT2D eigenvalue weighted by Crippen LogP contribution is -2.16. The minimum absolute atomic E-state index is 0.0425. The molecule has 1 aromatic heterocycles. The first kappa shape index (κ1) is 11.6. The van der Waals surface area contributed by atoms with E-state index in [0.29, 0.717) is 0 Å². The maximum absolute atomic E-state index is 12.4. The fourth-order valence-electron chi connectivity index (χ4n) is 1.05. The molecular formula is C8H6ClF2NO3. The van der Waals surface area contributed by atoms with E-state index in [1.165, 1.54) is 0 Å². The largest absolute Gasteiger partial charge is 0.481 e. The third-order valence-electron chi connectivity index (χ3n) is 1.70. The summed E-state index contributed by atoms with van der Waals surface area (Å²) in [5.74, 6) is -1.22. The van der Waals surface area contributed by atoms with E-state index >= 15 is 0 Å². The Kier molecular flexibility index (Phi) is 3.41. The van der Waals surface area contributed by atoms with Gasteiger partial charge in [0.1, 0.15) is 5.56 Å². The minimum atomic E-state index is -3.03. The third-order valence-corrected chi connectivity index (χ3v) is 2.15. The third kappa shape index (κ3) is 2.53. The molecule has 0 spiro atoms. The molecule has 0 saturated heterocycles. The fourth-order valence-corrected chi connectivity index (χ4v) is 1.34. The summed E-state index contributed by atoms with van der Waals surface area (Å²) < 4.78 is 24.7. The number of rotatable bonds is 3. The Morgan fingerprint density at radius 2 is 2.20 bits per heavy atom. The number of carboxylic acid groups (broad SMARTS) is 1. The van der Waals surface area contributed by atoms with E-state index in [-0.39, 0.29) is 5.56 Å². The summed E-state index contributed by atoms with van der Waals surface area (Å²) in [6.45, 7) is 0. The van der Waals surface area contributed by atoms with Crippen LogP contribution in [0.15, 0.2) is 11.0 Å². The summed E-state index contributed by atoms with van der Waals surface area (Å²) in [6, 6.07) is 0. The van der Waals surface area contributed by atoms with Crippen LogP contribution in [0.5, 0.6) is 0 Å². The molecule has 0 aliphatic rings. The van der Waals surface area contributed by atoms with Gasteiger partial charge in [0.25, 0.3) is 12.0 Å². The number of aromatic nitrogens is 1. The van der Waals surface area contributed by atoms with Crippen molar-refractivity contribution in [3.05, 3.63) is 32.7 Å². The highest BCUT2D eigenvalue weighted by molar-refractivity contribution is 6.32. The SMILES string of the molecule is O=C(O)Cc1c[nH]c(=O)c(C(F)F)c1Cl. The monoisotopic (exact) mass is 237 g/mol. The van der Waals surface area contributed by atoms with Crippen LogP contribution in [0.1, 0.15) is 17.6 Å². The smallest absolute Gasteiger partial charge is 0.307 e. The molecule has 4 nitrogen and oxygen atoms in total. The van der Waals surface area contributed by atoms with Crippen LogP contribution in [-0.4, -0.2) is 16.1 Å². The summed E-state index contributed by atoms with van der Waals surface area (Å²) in [4.78, 5) is 23.3. The number of hydrogen-bond donors (Lipinski definition) is 2. The second-order valence-corrected chi connectivity index (χ2v) is 3.12. The van der Waals surface area contributed by atoms with Crippen LogP contribution >= 0.6 is 11.6 Å². The van der Waals surface area contributed by atoms with Crippen LogP contribution < -0.4 is 5.56 Å². The number of aliphatic carboxylic acids is 1. The molecule has 0 saturated carbocycles. The lowest BCUT2D eigenvalue weighted by Gasteiger charge is -2.05. The van der Waals surface area contributed by atoms with Crippen molar-refractivity contribution in [2.75, 3.05) is 0 Å². The van der Waals surface area contributed by atoms with Gasteiger partial charge in [-0.15, -0.1) is 0 Å². The molecule has 1 heterocycles. The molecule has 2 N–H and O–H groups in total. The Hall–Kier alpha value is -1.43. The highest BCUT2D eigenvalue weighted by atomic mass is 35.5. The van der Waals surface area contributed by atoms with Crippen LogP contribution in [-0.2, 0) is 11.2 Å². The molecule has 0 bridgehead atoms. The van der Waals surface area contributed by atoms with Crippen LogP contribution in [0.3, 0.4) is 0 Å². The topological polar surface area (TPSA) is 70.2 Å². The van der Waals surface area contributed by atoms with Crippen molar-refractivity contribution in [1.29, 1.82) is 0 Å². The van der Waals surface area contributed by atoms with Crippen molar-refractivity contribution in [1.82, 2.24) is 4.98 Å². The van der Waals surface area contributed by atoms with E-state index in [2.05, 4.69) is 0 Å². The number of aromatic amines is 1. The van der Waals surface area contributed by atoms with Crippen molar-refractivity contribution in [3.63, 3.8) is 0 Å². The van der Waals surface area contributed by atoms with Gasteiger partial charge in [-0.3, -0.25) is 9.59 Å². The van der Waals surface area contributed by atoms with E-state index in [1.54, 1.807) is 0 Å². The molecule has 15 heavy (non-hydrogen) atoms. The zero-order chi connectivity index (χ0) is 11.6. The summed E-state index contributed by atoms with van der Waals surface area (Å²) in [5.41, 5.74) is -1.95. The molecule has 1 rings (SSSR count). The van der Waals surface area contributed by atoms with Crippen LogP contribution in [0.25, 0.3) is 0 Å². The number of pyridine rings is 1. The zero-order valence-corrected chi connectivity index (χ0v) is 8.02. The average Bonchev–Trinajstić information content (AvgIpc) is 2.09. The Labute approximate surface area is 87.5 Å². The Morgan fingerprint density at radius 3 is 2.67 bits per heavy atom. The zero-order valence-electron chi connectivity index (χ0n) is 7.26. The van der Waals surface area contributed by atoms with E-state index in [1.807, 2.05) is 4.98 Å². The number of carboxylic acids is 1. The quantitative estimate of drug-likeness (QED) is 0.839. The van der Waals surface area contributed by atoms with Crippen LogP contribution in [0.2, 0.25) is 5.02 Å². The van der Waals surface area contributed by atoms with Gasteiger partial charge in [-0.05, 0) is 5.56 Å². The van der Waals surface area contributed by atoms with E-state index < -0.39 is 35.0 Å². The average molecular weight is 238 g/mol. The van der Waals surface area contributed by atoms with Gasteiger partial charge in [-0.1, -0.05) is 11.6 Å². The second kappa shape index (κ2) is 4.39. The molecule has 0 aromatic carbocycles. The van der Waals surface area contributed by atoms with Gasteiger partial charge in [-0.25, -0.2) is 8.78 Å². The van der Waals surface area contributed by atoms with Crippen molar-refractivity contribution >= 4 is 17.6 Å². The molecule has 82 valence electrons. The summed E-state index contributed by atoms with van der Waals surface area (Å²) in [7, 11) is 0. The van der Waals surface area contributed by atoms with Gasteiger partial charge in [0.15, 0.2) is 0 Å². The molecule has 0 atom stereocenters. The maximum atomic E-state index is 12.4. The summed E-state index contributed by atoms with van der Waals surface area (Å²) in [5, 5.41) is 7.96. The van der Waals surface area contributed by atoms with Crippen LogP contribution in [0, 0.1) is 0 Å². The molecular weight excluding hydrogens is 232 g/mol. The Balaban J connectivity index is 3.28. The first-order valence-corrected chi connectivity index (χ1v) is 4.21. The van der Waals surface area contributed by atoms with Crippen molar-refractivity contribution in [2.24, 2.45) is 0 Å². The van der Waals surface area contributed by atoms with Crippen LogP contribution in [0.4, 0.5) is 8.78 Å². The number of H-pyrrole nitrogens is 1. The molecule has 0 radical (unpaired) electrons. The van der Waals surface area contributed by atoms with Crippen molar-refractivity contribution in [3.8, 4) is 0 Å². The molecule has 0 amide bonds. The number of alkyl halides is 2. The lowest BCUT2D eigenvalue weighted by molar-refractivity contribution is -0.136. The molecule has 0 aliphatic carbocycles. The molecule has 0 unspecified atom stereocenters. The second-order valence-electron chi connectivity index (χ2n) is 2.74. The highest BCUT2D eigenvalue weighted by Crippen LogP contribution is 2.26. The van der Waals surface area contributed by atoms with Gasteiger partial charge in [0.2, 0.25) is 0 Å². The van der Waals surface area contributed by atoms with Crippen molar-refractivity contribution in [2.45, 2.75) is 12.8 Å². The standard InChI is InChI=1S/C8H6ClF2NO3/c9-6-3(1-4(13)14)2-12-8(15)5(6)7(10)11/h2,7H,1H2,(H,12,15)(H,13,14). The number of hydrogen-bond acceptors (Lipinski definition) is 2. The van der Waals surface area contributed by atoms with Gasteiger partial charge >= 0.3 is 5.97 Å². The van der Waals surface area contributed by atoms with E-state index in [0.717, 1.165) is 6.20 Å². The lowest BCUT2D eigenvalue weighted by atomic mass is 10.1. The van der Waals surface area contributed by atoms with Gasteiger partial charge in [-0.2, -0.15) is 0 Å². The van der Waals surface area contributed by atoms with Crippen molar-refractivity contribution < 1.29 is 18.7 Å². The number of nitrogens with one attached hydrogen (secondary N) is 1. The van der Waals surface area contributed by atoms with E-state index in [4.69, 9.17) is 16.7 Å². The number of halogens is 3. The maximum Gasteiger partial charge on any atom is 0.307 e. The van der Waals surface area contributed by atoms with Gasteiger partial charge in [0.05, 0.1) is 11.4 Å². The molecule has 7 heteroatoms. The van der Waals surface area contributed by atoms with Gasteiger partial charge in [0, 0.05) is 6.20 Å². The molecule has 1 aromatic rings. The Morgan fingerprint density at radius 1 is 1.60 bits per heavy atom. The normalized spacial score (nSPS) is 10.7. The summed E-state index contributed by atoms with van der Waals surface area (Å²) >= 11 is 5.49. The molecule has 0 aliphatic heterocycles. The first-order chi connectivity index (χ1) is 6.93. The summed E-state index contributed by atoms with van der Waals surface area (Å²) in [6.07, 6.45) is -2.53. The first-order valence-electron chi connectivity index (χ1n) is 3.83. The number of carbonyl (C=O) groups is 1. The predicted molar refractivity (Wildman–Crippen MR) is 48.4 cm³/mol. The fraction of sp³-hybridized carbons (Fsp3) is 0.250. The predicted octanol–water partition coefficient (Wildman–Crippen LogP) is 1.59. The Bertz CT molecular complexity index is 444.